The summed E-state index contributed by atoms with van der Waals surface area (Å²) < 4.78 is 0. The molecule has 4 nitrogen and oxygen atoms in total. The predicted octanol–water partition coefficient (Wildman–Crippen LogP) is 2.58. The summed E-state index contributed by atoms with van der Waals surface area (Å²) in [4.78, 5) is 0. The van der Waals surface area contributed by atoms with Gasteiger partial charge in [0, 0.05) is 18.2 Å². The van der Waals surface area contributed by atoms with Gasteiger partial charge >= 0.3 is 0 Å². The highest BCUT2D eigenvalue weighted by molar-refractivity contribution is 5.80. The Labute approximate surface area is 103 Å². The molecule has 0 aliphatic rings. The first-order valence-corrected chi connectivity index (χ1v) is 5.98. The highest BCUT2D eigenvalue weighted by Gasteiger charge is 2.07. The highest BCUT2D eigenvalue weighted by Crippen LogP contribution is 2.18. The Balaban J connectivity index is 2.67. The molecule has 0 heterocycles. The molecule has 0 fully saturated rings. The molecule has 1 atom stereocenters. The Hall–Kier alpha value is -1.71. The monoisotopic (exact) mass is 235 g/mol. The summed E-state index contributed by atoms with van der Waals surface area (Å²) in [5.74, 6) is 0.248. The Morgan fingerprint density at radius 1 is 1.47 bits per heavy atom. The first-order chi connectivity index (χ1) is 8.17. The van der Waals surface area contributed by atoms with Crippen molar-refractivity contribution in [1.29, 1.82) is 0 Å². The average Bonchev–Trinajstić information content (AvgIpc) is 2.31. The van der Waals surface area contributed by atoms with E-state index in [-0.39, 0.29) is 11.9 Å². The number of amidine groups is 1. The van der Waals surface area contributed by atoms with E-state index in [2.05, 4.69) is 29.5 Å². The van der Waals surface area contributed by atoms with E-state index in [0.717, 1.165) is 18.5 Å². The fraction of sp³-hybridized carbons (Fsp3) is 0.462. The fourth-order valence-electron chi connectivity index (χ4n) is 1.82. The normalized spacial score (nSPS) is 13.4. The van der Waals surface area contributed by atoms with Gasteiger partial charge in [0.05, 0.1) is 0 Å². The maximum atomic E-state index is 8.52. The van der Waals surface area contributed by atoms with Gasteiger partial charge in [-0.25, -0.2) is 0 Å². The van der Waals surface area contributed by atoms with Crippen LogP contribution in [0.5, 0.6) is 0 Å². The van der Waals surface area contributed by atoms with Crippen LogP contribution in [-0.2, 0) is 6.42 Å². The van der Waals surface area contributed by atoms with E-state index in [4.69, 9.17) is 10.9 Å². The van der Waals surface area contributed by atoms with Crippen molar-refractivity contribution >= 4 is 11.5 Å². The molecule has 1 unspecified atom stereocenters. The van der Waals surface area contributed by atoms with Crippen molar-refractivity contribution in [3.8, 4) is 0 Å². The summed E-state index contributed by atoms with van der Waals surface area (Å²) in [6.07, 6.45) is 2.70. The van der Waals surface area contributed by atoms with E-state index in [1.54, 1.807) is 0 Å². The van der Waals surface area contributed by atoms with Gasteiger partial charge in [-0.2, -0.15) is 0 Å². The van der Waals surface area contributed by atoms with E-state index in [1.165, 1.54) is 5.56 Å². The smallest absolute Gasteiger partial charge is 0.141 e. The van der Waals surface area contributed by atoms with E-state index < -0.39 is 0 Å². The van der Waals surface area contributed by atoms with Crippen LogP contribution in [0.15, 0.2) is 29.4 Å². The van der Waals surface area contributed by atoms with Crippen molar-refractivity contribution in [2.24, 2.45) is 10.9 Å². The standard InChI is InChI=1S/C13H21N3O/c1-3-6-11-7-4-5-8-12(11)15-10(2)9-13(14)16-17/h4-5,7-8,10,15,17H,3,6,9H2,1-2H3,(H2,14,16). The molecule has 0 aliphatic heterocycles. The van der Waals surface area contributed by atoms with Crippen LogP contribution in [-0.4, -0.2) is 17.1 Å². The van der Waals surface area contributed by atoms with Crippen molar-refractivity contribution in [1.82, 2.24) is 0 Å². The largest absolute Gasteiger partial charge is 0.409 e. The van der Waals surface area contributed by atoms with Crippen molar-refractivity contribution in [2.45, 2.75) is 39.2 Å². The van der Waals surface area contributed by atoms with Crippen LogP contribution in [0.1, 0.15) is 32.3 Å². The first kappa shape index (κ1) is 13.4. The quantitative estimate of drug-likeness (QED) is 0.307. The Morgan fingerprint density at radius 3 is 2.82 bits per heavy atom. The van der Waals surface area contributed by atoms with Crippen LogP contribution in [0, 0.1) is 0 Å². The molecule has 4 heteroatoms. The lowest BCUT2D eigenvalue weighted by Gasteiger charge is -2.17. The second-order valence-electron chi connectivity index (χ2n) is 4.25. The lowest BCUT2D eigenvalue weighted by atomic mass is 10.1. The zero-order chi connectivity index (χ0) is 12.7. The zero-order valence-corrected chi connectivity index (χ0v) is 10.5. The van der Waals surface area contributed by atoms with Gasteiger partial charge in [-0.05, 0) is 25.0 Å². The minimum atomic E-state index is 0.143. The first-order valence-electron chi connectivity index (χ1n) is 5.98. The van der Waals surface area contributed by atoms with Gasteiger partial charge in [-0.15, -0.1) is 0 Å². The number of nitrogens with one attached hydrogen (secondary N) is 1. The van der Waals surface area contributed by atoms with Gasteiger partial charge < -0.3 is 16.3 Å². The van der Waals surface area contributed by atoms with E-state index in [0.29, 0.717) is 6.42 Å². The summed E-state index contributed by atoms with van der Waals surface area (Å²) in [7, 11) is 0. The van der Waals surface area contributed by atoms with Crippen molar-refractivity contribution in [3.63, 3.8) is 0 Å². The molecule has 0 spiro atoms. The number of benzene rings is 1. The summed E-state index contributed by atoms with van der Waals surface area (Å²) >= 11 is 0. The van der Waals surface area contributed by atoms with Crippen molar-refractivity contribution in [3.05, 3.63) is 29.8 Å². The molecule has 1 aromatic carbocycles. The number of aryl methyl sites for hydroxylation is 1. The third-order valence-corrected chi connectivity index (χ3v) is 2.58. The molecule has 0 bridgehead atoms. The lowest BCUT2D eigenvalue weighted by molar-refractivity contribution is 0.316. The fourth-order valence-corrected chi connectivity index (χ4v) is 1.82. The second kappa shape index (κ2) is 6.78. The number of nitrogens with two attached hydrogens (primary N) is 1. The molecule has 17 heavy (non-hydrogen) atoms. The number of anilines is 1. The predicted molar refractivity (Wildman–Crippen MR) is 71.5 cm³/mol. The molecular weight excluding hydrogens is 214 g/mol. The van der Waals surface area contributed by atoms with Crippen LogP contribution in [0.4, 0.5) is 5.69 Å². The summed E-state index contributed by atoms with van der Waals surface area (Å²) in [5, 5.41) is 14.9. The molecule has 94 valence electrons. The van der Waals surface area contributed by atoms with Gasteiger partial charge in [0.2, 0.25) is 0 Å². The average molecular weight is 235 g/mol. The summed E-state index contributed by atoms with van der Waals surface area (Å²) in [5.41, 5.74) is 7.92. The topological polar surface area (TPSA) is 70.6 Å². The van der Waals surface area contributed by atoms with E-state index >= 15 is 0 Å². The van der Waals surface area contributed by atoms with Gasteiger partial charge in [-0.1, -0.05) is 36.7 Å². The number of rotatable bonds is 6. The molecule has 0 aliphatic carbocycles. The molecule has 4 N–H and O–H groups in total. The number of oxime groups is 1. The van der Waals surface area contributed by atoms with Crippen LogP contribution < -0.4 is 11.1 Å². The van der Waals surface area contributed by atoms with Crippen LogP contribution in [0.2, 0.25) is 0 Å². The maximum Gasteiger partial charge on any atom is 0.141 e. The molecule has 0 amide bonds. The highest BCUT2D eigenvalue weighted by atomic mass is 16.4. The summed E-state index contributed by atoms with van der Waals surface area (Å²) in [6, 6.07) is 8.39. The van der Waals surface area contributed by atoms with Gasteiger partial charge in [-0.3, -0.25) is 0 Å². The van der Waals surface area contributed by atoms with Crippen LogP contribution in [0.25, 0.3) is 0 Å². The summed E-state index contributed by atoms with van der Waals surface area (Å²) in [6.45, 7) is 4.18. The van der Waals surface area contributed by atoms with Crippen LogP contribution >= 0.6 is 0 Å². The van der Waals surface area contributed by atoms with Crippen molar-refractivity contribution < 1.29 is 5.21 Å². The lowest BCUT2D eigenvalue weighted by Crippen LogP contribution is -2.24. The number of nitrogens with zero attached hydrogens (tertiary/aromatic N) is 1. The molecule has 0 radical (unpaired) electrons. The van der Waals surface area contributed by atoms with Gasteiger partial charge in [0.25, 0.3) is 0 Å². The Morgan fingerprint density at radius 2 is 2.18 bits per heavy atom. The van der Waals surface area contributed by atoms with Crippen molar-refractivity contribution in [2.75, 3.05) is 5.32 Å². The molecular formula is C13H21N3O. The van der Waals surface area contributed by atoms with Gasteiger partial charge in [0.15, 0.2) is 0 Å². The molecule has 0 saturated heterocycles. The molecule has 1 rings (SSSR count). The number of hydrogen-bond acceptors (Lipinski definition) is 3. The third-order valence-electron chi connectivity index (χ3n) is 2.58. The minimum absolute atomic E-state index is 0.143. The zero-order valence-electron chi connectivity index (χ0n) is 10.5. The maximum absolute atomic E-state index is 8.52. The van der Waals surface area contributed by atoms with Crippen LogP contribution in [0.3, 0.4) is 0 Å². The van der Waals surface area contributed by atoms with Gasteiger partial charge in [0.1, 0.15) is 5.84 Å². The SMILES string of the molecule is CCCc1ccccc1NC(C)CC(N)=NO. The van der Waals surface area contributed by atoms with E-state index in [9.17, 15) is 0 Å². The Kier molecular flexibility index (Phi) is 5.33. The Bertz CT molecular complexity index is 377. The van der Waals surface area contributed by atoms with E-state index in [1.807, 2.05) is 19.1 Å². The minimum Gasteiger partial charge on any atom is -0.409 e. The molecule has 0 aromatic heterocycles. The second-order valence-corrected chi connectivity index (χ2v) is 4.25. The number of para-hydroxylation sites is 1. The third kappa shape index (κ3) is 4.34. The number of hydrogen-bond donors (Lipinski definition) is 3. The molecule has 0 saturated carbocycles. The molecule has 1 aromatic rings.